The van der Waals surface area contributed by atoms with Crippen LogP contribution in [0.15, 0.2) is 47.1 Å². The predicted molar refractivity (Wildman–Crippen MR) is 110 cm³/mol. The Labute approximate surface area is 160 Å². The molecule has 5 nitrogen and oxygen atoms in total. The summed E-state index contributed by atoms with van der Waals surface area (Å²) in [5.41, 5.74) is 4.42. The number of nitrogens with one attached hydrogen (secondary N) is 1. The van der Waals surface area contributed by atoms with Crippen molar-refractivity contribution in [3.8, 4) is 0 Å². The summed E-state index contributed by atoms with van der Waals surface area (Å²) >= 11 is 0. The van der Waals surface area contributed by atoms with E-state index in [9.17, 15) is 9.59 Å². The Hall–Kier alpha value is -2.69. The summed E-state index contributed by atoms with van der Waals surface area (Å²) < 4.78 is 0. The van der Waals surface area contributed by atoms with Crippen LogP contribution in [0.3, 0.4) is 0 Å². The molecule has 1 amide bonds. The van der Waals surface area contributed by atoms with E-state index in [-0.39, 0.29) is 22.9 Å². The molecule has 1 aromatic carbocycles. The van der Waals surface area contributed by atoms with Crippen LogP contribution >= 0.6 is 0 Å². The highest BCUT2D eigenvalue weighted by Crippen LogP contribution is 2.40. The van der Waals surface area contributed by atoms with E-state index in [1.54, 1.807) is 12.2 Å². The van der Waals surface area contributed by atoms with Crippen LogP contribution in [-0.2, 0) is 16.0 Å². The van der Waals surface area contributed by atoms with Gasteiger partial charge in [0.1, 0.15) is 0 Å². The van der Waals surface area contributed by atoms with Gasteiger partial charge in [0.2, 0.25) is 11.7 Å². The maximum atomic E-state index is 11.8. The molecule has 1 aliphatic carbocycles. The van der Waals surface area contributed by atoms with E-state index >= 15 is 0 Å². The van der Waals surface area contributed by atoms with Crippen LogP contribution in [0, 0.1) is 5.92 Å². The molecule has 0 unspecified atom stereocenters. The average molecular weight is 365 g/mol. The number of benzene rings is 1. The zero-order valence-electron chi connectivity index (χ0n) is 16.7. The smallest absolute Gasteiger partial charge is 0.221 e. The molecule has 0 radical (unpaired) electrons. The summed E-state index contributed by atoms with van der Waals surface area (Å²) in [6.07, 6.45) is 5.71. The number of rotatable bonds is 4. The maximum Gasteiger partial charge on any atom is 0.221 e. The minimum Gasteiger partial charge on any atom is -0.366 e. The fourth-order valence-corrected chi connectivity index (χ4v) is 3.67. The summed E-state index contributed by atoms with van der Waals surface area (Å²) in [5.74, 6) is 0.107. The number of aliphatic imine (C=N–C) groups is 1. The molecule has 0 spiro atoms. The van der Waals surface area contributed by atoms with E-state index in [0.717, 1.165) is 18.7 Å². The first-order valence-corrected chi connectivity index (χ1v) is 9.37. The Kier molecular flexibility index (Phi) is 5.05. The molecule has 3 rings (SSSR count). The predicted octanol–water partition coefficient (Wildman–Crippen LogP) is 3.72. The maximum absolute atomic E-state index is 11.8. The van der Waals surface area contributed by atoms with Gasteiger partial charge in [-0.2, -0.15) is 0 Å². The van der Waals surface area contributed by atoms with Crippen molar-refractivity contribution in [3.63, 3.8) is 0 Å². The zero-order chi connectivity index (χ0) is 19.8. The molecule has 1 N–H and O–H groups in total. The highest BCUT2D eigenvalue weighted by Gasteiger charge is 2.36. The van der Waals surface area contributed by atoms with Gasteiger partial charge in [-0.3, -0.25) is 9.59 Å². The van der Waals surface area contributed by atoms with E-state index in [1.165, 1.54) is 24.3 Å². The molecule has 0 aromatic heterocycles. The highest BCUT2D eigenvalue weighted by molar-refractivity contribution is 6.20. The summed E-state index contributed by atoms with van der Waals surface area (Å²) in [4.78, 5) is 30.2. The van der Waals surface area contributed by atoms with Crippen LogP contribution in [0.1, 0.15) is 40.2 Å². The van der Waals surface area contributed by atoms with Gasteiger partial charge in [-0.05, 0) is 68.2 Å². The lowest BCUT2D eigenvalue weighted by molar-refractivity contribution is -0.120. The largest absolute Gasteiger partial charge is 0.366 e. The van der Waals surface area contributed by atoms with Crippen molar-refractivity contribution in [3.05, 3.63) is 47.7 Å². The fraction of sp³-hybridized carbons (Fsp3) is 0.409. The van der Waals surface area contributed by atoms with Gasteiger partial charge < -0.3 is 10.2 Å². The minimum atomic E-state index is -0.269. The molecule has 1 aromatic rings. The van der Waals surface area contributed by atoms with Crippen LogP contribution in [0.4, 0.5) is 11.4 Å². The number of hydrogen-bond donors (Lipinski definition) is 1. The second-order valence-electron chi connectivity index (χ2n) is 8.28. The number of anilines is 1. The Bertz CT molecular complexity index is 876. The van der Waals surface area contributed by atoms with Crippen molar-refractivity contribution in [2.24, 2.45) is 10.9 Å². The first kappa shape index (κ1) is 19.1. The highest BCUT2D eigenvalue weighted by atomic mass is 16.2. The van der Waals surface area contributed by atoms with Gasteiger partial charge in [0, 0.05) is 24.7 Å². The molecular formula is C22H27N3O2. The Morgan fingerprint density at radius 1 is 1.30 bits per heavy atom. The molecule has 5 heteroatoms. The first-order valence-electron chi connectivity index (χ1n) is 9.37. The topological polar surface area (TPSA) is 61.8 Å². The zero-order valence-corrected chi connectivity index (χ0v) is 16.7. The second kappa shape index (κ2) is 7.14. The molecule has 0 saturated carbocycles. The van der Waals surface area contributed by atoms with Crippen molar-refractivity contribution in [2.75, 3.05) is 11.4 Å². The van der Waals surface area contributed by atoms with Crippen molar-refractivity contribution in [1.29, 1.82) is 0 Å². The SMILES string of the molecule is CC(=O)NC1=CC(=Nc2ccc3c(c2)CC(C)(C)N3CC(C)C)C=CC1=O. The third-order valence-corrected chi connectivity index (χ3v) is 4.79. The summed E-state index contributed by atoms with van der Waals surface area (Å²) in [6, 6.07) is 6.28. The molecular weight excluding hydrogens is 338 g/mol. The normalized spacial score (nSPS) is 19.5. The Morgan fingerprint density at radius 2 is 2.04 bits per heavy atom. The summed E-state index contributed by atoms with van der Waals surface area (Å²) in [5, 5.41) is 2.56. The number of carbonyl (C=O) groups excluding carboxylic acids is 2. The molecule has 0 fully saturated rings. The molecule has 0 bridgehead atoms. The van der Waals surface area contributed by atoms with Crippen LogP contribution in [0.25, 0.3) is 0 Å². The third kappa shape index (κ3) is 4.18. The van der Waals surface area contributed by atoms with Crippen LogP contribution in [0.2, 0.25) is 0 Å². The van der Waals surface area contributed by atoms with Crippen molar-refractivity contribution in [2.45, 2.75) is 46.6 Å². The van der Waals surface area contributed by atoms with Gasteiger partial charge in [-0.15, -0.1) is 0 Å². The minimum absolute atomic E-state index is 0.0913. The average Bonchev–Trinajstić information content (AvgIpc) is 2.79. The molecule has 1 aliphatic heterocycles. The second-order valence-corrected chi connectivity index (χ2v) is 8.28. The van der Waals surface area contributed by atoms with Gasteiger partial charge in [0.05, 0.1) is 17.1 Å². The number of allylic oxidation sites excluding steroid dienone is 3. The molecule has 0 saturated heterocycles. The van der Waals surface area contributed by atoms with E-state index in [0.29, 0.717) is 11.6 Å². The van der Waals surface area contributed by atoms with Gasteiger partial charge >= 0.3 is 0 Å². The number of ketones is 1. The number of amides is 1. The third-order valence-electron chi connectivity index (χ3n) is 4.79. The molecule has 27 heavy (non-hydrogen) atoms. The van der Waals surface area contributed by atoms with Gasteiger partial charge in [-0.1, -0.05) is 13.8 Å². The quantitative estimate of drug-likeness (QED) is 0.827. The first-order chi connectivity index (χ1) is 12.7. The van der Waals surface area contributed by atoms with E-state index in [1.807, 2.05) is 6.07 Å². The lowest BCUT2D eigenvalue weighted by atomic mass is 9.98. The standard InChI is InChI=1S/C22H27N3O2/c1-14(2)13-25-20-8-6-17(10-16(20)12-22(25,4)5)24-18-7-9-21(27)19(11-18)23-15(3)26/h6-11,14H,12-13H2,1-5H3,(H,23,26). The van der Waals surface area contributed by atoms with Crippen molar-refractivity contribution >= 4 is 28.8 Å². The van der Waals surface area contributed by atoms with Gasteiger partial charge in [0.15, 0.2) is 0 Å². The molecule has 1 heterocycles. The van der Waals surface area contributed by atoms with Crippen molar-refractivity contribution in [1.82, 2.24) is 5.32 Å². The monoisotopic (exact) mass is 365 g/mol. The number of hydrogen-bond acceptors (Lipinski definition) is 4. The van der Waals surface area contributed by atoms with Gasteiger partial charge in [0.25, 0.3) is 0 Å². The number of fused-ring (bicyclic) bond motifs is 1. The molecule has 142 valence electrons. The number of nitrogens with zero attached hydrogens (tertiary/aromatic N) is 2. The Morgan fingerprint density at radius 3 is 2.70 bits per heavy atom. The van der Waals surface area contributed by atoms with Crippen LogP contribution < -0.4 is 10.2 Å². The fourth-order valence-electron chi connectivity index (χ4n) is 3.67. The lowest BCUT2D eigenvalue weighted by Gasteiger charge is -2.35. The Balaban J connectivity index is 1.89. The van der Waals surface area contributed by atoms with E-state index in [4.69, 9.17) is 0 Å². The molecule has 2 aliphatic rings. The molecule has 0 atom stereocenters. The van der Waals surface area contributed by atoms with Gasteiger partial charge in [-0.25, -0.2) is 4.99 Å². The lowest BCUT2D eigenvalue weighted by Crippen LogP contribution is -2.43. The van der Waals surface area contributed by atoms with E-state index < -0.39 is 0 Å². The van der Waals surface area contributed by atoms with E-state index in [2.05, 4.69) is 55.0 Å². The summed E-state index contributed by atoms with van der Waals surface area (Å²) in [6.45, 7) is 11.4. The van der Waals surface area contributed by atoms with Crippen LogP contribution in [0.5, 0.6) is 0 Å². The van der Waals surface area contributed by atoms with Crippen LogP contribution in [-0.4, -0.2) is 29.5 Å². The van der Waals surface area contributed by atoms with Crippen molar-refractivity contribution < 1.29 is 9.59 Å². The summed E-state index contributed by atoms with van der Waals surface area (Å²) in [7, 11) is 0. The number of carbonyl (C=O) groups is 2.